The Morgan fingerprint density at radius 1 is 0.558 bits per heavy atom. The van der Waals surface area contributed by atoms with Crippen molar-refractivity contribution in [3.8, 4) is 11.1 Å². The second kappa shape index (κ2) is 8.08. The standard InChI is InChI=1S/C38H21N3O2/c39-30-9-3-4-10-31(30)40-32-20-41-33-19-37-27(24-8-2-6-12-35(24)43-37)18-25(33)28-16-22(17-29(32)38(28)41)21-13-14-36-26(15-21)23-7-1-5-11-34(23)42-36/h1-20,39H/b39-30?,40-31-. The number of para-hydroxylation sites is 2. The summed E-state index contributed by atoms with van der Waals surface area (Å²) < 4.78 is 14.6. The molecule has 0 fully saturated rings. The Bertz CT molecular complexity index is 2750. The third-order valence-corrected chi connectivity index (χ3v) is 8.78. The molecule has 200 valence electrons. The van der Waals surface area contributed by atoms with E-state index in [0.717, 1.165) is 82.5 Å². The molecule has 1 aliphatic rings. The Morgan fingerprint density at radius 2 is 1.23 bits per heavy atom. The first-order chi connectivity index (χ1) is 21.2. The van der Waals surface area contributed by atoms with Crippen molar-refractivity contribution >= 4 is 88.2 Å². The first-order valence-corrected chi connectivity index (χ1v) is 14.3. The quantitative estimate of drug-likeness (QED) is 0.217. The van der Waals surface area contributed by atoms with Gasteiger partial charge in [0.25, 0.3) is 0 Å². The number of aliphatic imine (C=N–C) groups is 1. The molecule has 0 atom stereocenters. The van der Waals surface area contributed by atoms with Gasteiger partial charge in [-0.2, -0.15) is 0 Å². The lowest BCUT2D eigenvalue weighted by molar-refractivity contribution is 0.668. The normalized spacial score (nSPS) is 14.9. The predicted octanol–water partition coefficient (Wildman–Crippen LogP) is 10.4. The number of rotatable bonds is 2. The van der Waals surface area contributed by atoms with Gasteiger partial charge in [-0.3, -0.25) is 5.41 Å². The average Bonchev–Trinajstić information content (AvgIpc) is 3.78. The molecule has 0 aliphatic heterocycles. The van der Waals surface area contributed by atoms with Crippen LogP contribution < -0.4 is 0 Å². The van der Waals surface area contributed by atoms with Crippen molar-refractivity contribution in [1.29, 1.82) is 5.41 Å². The zero-order valence-corrected chi connectivity index (χ0v) is 22.8. The lowest BCUT2D eigenvalue weighted by Gasteiger charge is -2.06. The molecule has 0 unspecified atom stereocenters. The van der Waals surface area contributed by atoms with Gasteiger partial charge in [-0.05, 0) is 65.7 Å². The van der Waals surface area contributed by atoms with Crippen LogP contribution in [0.1, 0.15) is 0 Å². The van der Waals surface area contributed by atoms with Gasteiger partial charge in [0.1, 0.15) is 22.3 Å². The Hall–Kier alpha value is -5.94. The minimum Gasteiger partial charge on any atom is -0.456 e. The van der Waals surface area contributed by atoms with E-state index in [4.69, 9.17) is 19.2 Å². The van der Waals surface area contributed by atoms with Crippen LogP contribution >= 0.6 is 0 Å². The van der Waals surface area contributed by atoms with Crippen LogP contribution in [0.25, 0.3) is 82.2 Å². The van der Waals surface area contributed by atoms with Crippen LogP contribution in [0.4, 0.5) is 5.69 Å². The number of aromatic nitrogens is 1. The van der Waals surface area contributed by atoms with E-state index in [1.54, 1.807) is 6.08 Å². The second-order valence-corrected chi connectivity index (χ2v) is 11.2. The first kappa shape index (κ1) is 22.7. The predicted molar refractivity (Wildman–Crippen MR) is 177 cm³/mol. The summed E-state index contributed by atoms with van der Waals surface area (Å²) in [5.74, 6) is 0. The maximum Gasteiger partial charge on any atom is 0.137 e. The molecule has 1 aliphatic carbocycles. The lowest BCUT2D eigenvalue weighted by atomic mass is 9.98. The van der Waals surface area contributed by atoms with Crippen molar-refractivity contribution in [3.05, 3.63) is 121 Å². The van der Waals surface area contributed by atoms with Crippen LogP contribution in [0.2, 0.25) is 0 Å². The van der Waals surface area contributed by atoms with Crippen LogP contribution in [-0.2, 0) is 0 Å². The van der Waals surface area contributed by atoms with E-state index < -0.39 is 0 Å². The highest BCUT2D eigenvalue weighted by Gasteiger charge is 2.21. The van der Waals surface area contributed by atoms with Gasteiger partial charge in [-0.15, -0.1) is 0 Å². The molecule has 4 aromatic heterocycles. The zero-order chi connectivity index (χ0) is 28.2. The Balaban J connectivity index is 1.30. The molecule has 5 heteroatoms. The summed E-state index contributed by atoms with van der Waals surface area (Å²) in [5, 5.41) is 16.2. The van der Waals surface area contributed by atoms with Gasteiger partial charge in [0.15, 0.2) is 0 Å². The largest absolute Gasteiger partial charge is 0.456 e. The second-order valence-electron chi connectivity index (χ2n) is 11.2. The highest BCUT2D eigenvalue weighted by Crippen LogP contribution is 2.44. The molecule has 5 aromatic carbocycles. The number of hydrogen-bond acceptors (Lipinski definition) is 4. The smallest absolute Gasteiger partial charge is 0.137 e. The van der Waals surface area contributed by atoms with Gasteiger partial charge < -0.3 is 13.2 Å². The van der Waals surface area contributed by atoms with Gasteiger partial charge in [0, 0.05) is 50.0 Å². The number of furan rings is 2. The fraction of sp³-hybridized carbons (Fsp3) is 0. The van der Waals surface area contributed by atoms with E-state index in [1.807, 2.05) is 42.5 Å². The number of nitrogens with zero attached hydrogens (tertiary/aromatic N) is 2. The van der Waals surface area contributed by atoms with Crippen LogP contribution in [0.5, 0.6) is 0 Å². The summed E-state index contributed by atoms with van der Waals surface area (Å²) in [6, 6.07) is 31.8. The summed E-state index contributed by atoms with van der Waals surface area (Å²) in [4.78, 5) is 5.01. The maximum atomic E-state index is 8.43. The SMILES string of the molecule is N=C1C=CC=C/C1=N/c1cn2c3cc4oc5ccccc5c4cc3c3cc(-c4ccc5oc6ccccc6c5c4)cc1c32. The summed E-state index contributed by atoms with van der Waals surface area (Å²) in [5.41, 5.74) is 9.80. The monoisotopic (exact) mass is 551 g/mol. The molecular weight excluding hydrogens is 530 g/mol. The van der Waals surface area contributed by atoms with Crippen molar-refractivity contribution < 1.29 is 8.83 Å². The van der Waals surface area contributed by atoms with Crippen molar-refractivity contribution in [3.63, 3.8) is 0 Å². The molecule has 0 amide bonds. The highest BCUT2D eigenvalue weighted by molar-refractivity contribution is 6.50. The van der Waals surface area contributed by atoms with E-state index in [-0.39, 0.29) is 0 Å². The van der Waals surface area contributed by atoms with Crippen molar-refractivity contribution in [2.24, 2.45) is 4.99 Å². The molecule has 10 rings (SSSR count). The third kappa shape index (κ3) is 3.11. The van der Waals surface area contributed by atoms with Crippen LogP contribution in [0.15, 0.2) is 135 Å². The molecule has 0 bridgehead atoms. The van der Waals surface area contributed by atoms with Crippen LogP contribution in [0.3, 0.4) is 0 Å². The molecule has 0 saturated carbocycles. The number of hydrogen-bond donors (Lipinski definition) is 1. The molecule has 0 spiro atoms. The van der Waals surface area contributed by atoms with Gasteiger partial charge >= 0.3 is 0 Å². The molecule has 43 heavy (non-hydrogen) atoms. The van der Waals surface area contributed by atoms with Crippen molar-refractivity contribution in [1.82, 2.24) is 4.40 Å². The topological polar surface area (TPSA) is 66.9 Å². The number of benzene rings is 5. The first-order valence-electron chi connectivity index (χ1n) is 14.3. The molecular formula is C38H21N3O2. The molecule has 0 radical (unpaired) electrons. The molecule has 4 heterocycles. The molecule has 9 aromatic rings. The number of fused-ring (bicyclic) bond motifs is 9. The number of nitrogens with one attached hydrogen (secondary N) is 1. The average molecular weight is 552 g/mol. The summed E-state index contributed by atoms with van der Waals surface area (Å²) in [6.45, 7) is 0. The van der Waals surface area contributed by atoms with Gasteiger partial charge in [0.05, 0.1) is 28.1 Å². The zero-order valence-electron chi connectivity index (χ0n) is 22.8. The van der Waals surface area contributed by atoms with E-state index in [2.05, 4.69) is 77.3 Å². The minimum absolute atomic E-state index is 0.401. The van der Waals surface area contributed by atoms with E-state index in [0.29, 0.717) is 11.4 Å². The van der Waals surface area contributed by atoms with E-state index in [1.165, 1.54) is 5.39 Å². The fourth-order valence-electron chi connectivity index (χ4n) is 6.78. The van der Waals surface area contributed by atoms with E-state index in [9.17, 15) is 0 Å². The Morgan fingerprint density at radius 3 is 2.05 bits per heavy atom. The van der Waals surface area contributed by atoms with Crippen molar-refractivity contribution in [2.45, 2.75) is 0 Å². The summed E-state index contributed by atoms with van der Waals surface area (Å²) in [7, 11) is 0. The van der Waals surface area contributed by atoms with Gasteiger partial charge in [-0.25, -0.2) is 4.99 Å². The molecule has 1 N–H and O–H groups in total. The lowest BCUT2D eigenvalue weighted by Crippen LogP contribution is -2.08. The Labute approximate surface area is 244 Å². The number of allylic oxidation sites excluding steroid dienone is 4. The van der Waals surface area contributed by atoms with Gasteiger partial charge in [0.2, 0.25) is 0 Å². The minimum atomic E-state index is 0.401. The van der Waals surface area contributed by atoms with Crippen LogP contribution in [0, 0.1) is 5.41 Å². The Kier molecular flexibility index (Phi) is 4.27. The van der Waals surface area contributed by atoms with E-state index >= 15 is 0 Å². The fourth-order valence-corrected chi connectivity index (χ4v) is 6.78. The third-order valence-electron chi connectivity index (χ3n) is 8.78. The van der Waals surface area contributed by atoms with Crippen molar-refractivity contribution in [2.75, 3.05) is 0 Å². The maximum absolute atomic E-state index is 8.43. The van der Waals surface area contributed by atoms with Gasteiger partial charge in [-0.1, -0.05) is 54.6 Å². The summed E-state index contributed by atoms with van der Waals surface area (Å²) >= 11 is 0. The molecule has 0 saturated heterocycles. The summed E-state index contributed by atoms with van der Waals surface area (Å²) in [6.07, 6.45) is 9.56. The highest BCUT2D eigenvalue weighted by atomic mass is 16.3. The molecule has 5 nitrogen and oxygen atoms in total. The van der Waals surface area contributed by atoms with Crippen LogP contribution in [-0.4, -0.2) is 15.8 Å².